The fraction of sp³-hybridized carbons (Fsp3) is 0.636. The van der Waals surface area contributed by atoms with Crippen molar-refractivity contribution in [2.75, 3.05) is 27.2 Å². The van der Waals surface area contributed by atoms with E-state index in [0.717, 1.165) is 82.3 Å². The summed E-state index contributed by atoms with van der Waals surface area (Å²) in [5, 5.41) is 0. The first-order chi connectivity index (χ1) is 14.1. The van der Waals surface area contributed by atoms with Crippen LogP contribution in [-0.2, 0) is 16.2 Å². The van der Waals surface area contributed by atoms with Crippen LogP contribution in [0.25, 0.3) is 0 Å². The second-order valence-electron chi connectivity index (χ2n) is 8.26. The summed E-state index contributed by atoms with van der Waals surface area (Å²) >= 11 is 0. The van der Waals surface area contributed by atoms with Crippen molar-refractivity contribution in [1.29, 1.82) is 0 Å². The van der Waals surface area contributed by atoms with Crippen LogP contribution in [0.15, 0.2) is 41.8 Å². The Kier molecular flexibility index (Phi) is 8.94. The van der Waals surface area contributed by atoms with Gasteiger partial charge in [-0.2, -0.15) is 17.5 Å². The molecular formula is C22H33F3N2O2S. The molecule has 0 atom stereocenters. The van der Waals surface area contributed by atoms with Crippen LogP contribution >= 0.6 is 0 Å². The minimum atomic E-state index is -4.48. The summed E-state index contributed by atoms with van der Waals surface area (Å²) in [5.41, 5.74) is -0.847. The molecule has 1 aliphatic carbocycles. The van der Waals surface area contributed by atoms with Crippen molar-refractivity contribution in [3.63, 3.8) is 0 Å². The number of hydrogen-bond donors (Lipinski definition) is 0. The standard InChI is InChI=1S/C22H33F3N2O2S/c1-4-16-26(2)17-6-5-7-18-8-12-20(13-9-18)27(3)30(28,29)21-14-10-19(11-15-21)22(23,24)25/h4,10-11,14-15,18,20H,1,5-9,12-13,16-17H2,2-3H3/t18-,20-. The summed E-state index contributed by atoms with van der Waals surface area (Å²) in [7, 11) is -0.184. The molecule has 30 heavy (non-hydrogen) atoms. The number of rotatable bonds is 10. The van der Waals surface area contributed by atoms with Gasteiger partial charge in [0, 0.05) is 19.6 Å². The van der Waals surface area contributed by atoms with Gasteiger partial charge in [-0.3, -0.25) is 0 Å². The maximum Gasteiger partial charge on any atom is 0.416 e. The predicted octanol–water partition coefficient (Wildman–Crippen LogP) is 5.17. The molecule has 1 fully saturated rings. The fourth-order valence-electron chi connectivity index (χ4n) is 4.10. The highest BCUT2D eigenvalue weighted by atomic mass is 32.2. The first kappa shape index (κ1) is 24.9. The summed E-state index contributed by atoms with van der Waals surface area (Å²) in [6.07, 6.45) is 4.44. The van der Waals surface area contributed by atoms with Crippen molar-refractivity contribution in [3.8, 4) is 0 Å². The zero-order valence-electron chi connectivity index (χ0n) is 17.9. The maximum atomic E-state index is 12.8. The molecule has 1 aliphatic rings. The normalized spacial score (nSPS) is 20.6. The molecule has 0 unspecified atom stereocenters. The average molecular weight is 447 g/mol. The van der Waals surface area contributed by atoms with Crippen LogP contribution in [0.5, 0.6) is 0 Å². The summed E-state index contributed by atoms with van der Waals surface area (Å²) in [6, 6.07) is 3.63. The molecule has 0 radical (unpaired) electrons. The van der Waals surface area contributed by atoms with E-state index in [2.05, 4.69) is 18.5 Å². The molecule has 170 valence electrons. The fourth-order valence-corrected chi connectivity index (χ4v) is 5.52. The third kappa shape index (κ3) is 6.82. The van der Waals surface area contributed by atoms with E-state index in [1.807, 2.05) is 6.08 Å². The van der Waals surface area contributed by atoms with E-state index in [1.54, 1.807) is 0 Å². The Hall–Kier alpha value is -1.38. The van der Waals surface area contributed by atoms with E-state index in [0.29, 0.717) is 5.92 Å². The predicted molar refractivity (Wildman–Crippen MR) is 114 cm³/mol. The van der Waals surface area contributed by atoms with E-state index < -0.39 is 21.8 Å². The van der Waals surface area contributed by atoms with Crippen molar-refractivity contribution < 1.29 is 21.6 Å². The SMILES string of the molecule is C=CCN(C)CCCC[C@H]1CC[C@H](N(C)S(=O)(=O)c2ccc(C(F)(F)F)cc2)CC1. The van der Waals surface area contributed by atoms with Gasteiger partial charge in [-0.15, -0.1) is 6.58 Å². The molecule has 0 N–H and O–H groups in total. The van der Waals surface area contributed by atoms with Gasteiger partial charge < -0.3 is 4.90 Å². The number of hydrogen-bond acceptors (Lipinski definition) is 3. The quantitative estimate of drug-likeness (QED) is 0.368. The number of unbranched alkanes of at least 4 members (excludes halogenated alkanes) is 1. The second kappa shape index (κ2) is 10.8. The number of likely N-dealkylation sites (N-methyl/N-ethyl adjacent to an activating group) is 1. The molecule has 0 saturated heterocycles. The van der Waals surface area contributed by atoms with Crippen LogP contribution in [0.3, 0.4) is 0 Å². The van der Waals surface area contributed by atoms with E-state index >= 15 is 0 Å². The monoisotopic (exact) mass is 446 g/mol. The minimum Gasteiger partial charge on any atom is -0.303 e. The Morgan fingerprint density at radius 2 is 1.67 bits per heavy atom. The lowest BCUT2D eigenvalue weighted by Crippen LogP contribution is -2.39. The highest BCUT2D eigenvalue weighted by Gasteiger charge is 2.33. The molecule has 0 bridgehead atoms. The second-order valence-corrected chi connectivity index (χ2v) is 10.3. The van der Waals surface area contributed by atoms with Crippen LogP contribution in [0.1, 0.15) is 50.5 Å². The van der Waals surface area contributed by atoms with E-state index in [1.165, 1.54) is 11.4 Å². The highest BCUT2D eigenvalue weighted by Crippen LogP contribution is 2.34. The van der Waals surface area contributed by atoms with Crippen molar-refractivity contribution >= 4 is 10.0 Å². The number of sulfonamides is 1. The Morgan fingerprint density at radius 1 is 1.07 bits per heavy atom. The molecule has 4 nitrogen and oxygen atoms in total. The Labute approximate surface area is 178 Å². The summed E-state index contributed by atoms with van der Waals surface area (Å²) in [5.74, 6) is 0.619. The van der Waals surface area contributed by atoms with Crippen molar-refractivity contribution in [3.05, 3.63) is 42.5 Å². The zero-order chi connectivity index (χ0) is 22.4. The maximum absolute atomic E-state index is 12.8. The zero-order valence-corrected chi connectivity index (χ0v) is 18.7. The molecule has 0 aromatic heterocycles. The lowest BCUT2D eigenvalue weighted by atomic mass is 9.83. The lowest BCUT2D eigenvalue weighted by Gasteiger charge is -2.34. The van der Waals surface area contributed by atoms with Gasteiger partial charge in [0.25, 0.3) is 0 Å². The smallest absolute Gasteiger partial charge is 0.303 e. The van der Waals surface area contributed by atoms with Gasteiger partial charge in [-0.25, -0.2) is 8.42 Å². The van der Waals surface area contributed by atoms with Crippen LogP contribution in [0.2, 0.25) is 0 Å². The van der Waals surface area contributed by atoms with Gasteiger partial charge in [0.05, 0.1) is 10.5 Å². The number of alkyl halides is 3. The van der Waals surface area contributed by atoms with Gasteiger partial charge in [0.15, 0.2) is 0 Å². The van der Waals surface area contributed by atoms with E-state index in [9.17, 15) is 21.6 Å². The molecule has 1 saturated carbocycles. The molecule has 2 rings (SSSR count). The van der Waals surface area contributed by atoms with Crippen molar-refractivity contribution in [1.82, 2.24) is 9.21 Å². The Morgan fingerprint density at radius 3 is 2.20 bits per heavy atom. The molecule has 8 heteroatoms. The third-order valence-corrected chi connectivity index (χ3v) is 7.96. The van der Waals surface area contributed by atoms with Gasteiger partial charge in [0.2, 0.25) is 10.0 Å². The number of halogens is 3. The lowest BCUT2D eigenvalue weighted by molar-refractivity contribution is -0.137. The first-order valence-corrected chi connectivity index (χ1v) is 11.9. The molecule has 0 aliphatic heterocycles. The van der Waals surface area contributed by atoms with Crippen LogP contribution in [0, 0.1) is 5.92 Å². The van der Waals surface area contributed by atoms with E-state index in [-0.39, 0.29) is 10.9 Å². The van der Waals surface area contributed by atoms with Crippen molar-refractivity contribution in [2.24, 2.45) is 5.92 Å². The molecule has 1 aromatic carbocycles. The Balaban J connectivity index is 1.84. The van der Waals surface area contributed by atoms with Crippen LogP contribution in [-0.4, -0.2) is 50.8 Å². The molecule has 0 heterocycles. The minimum absolute atomic E-state index is 0.0937. The van der Waals surface area contributed by atoms with Crippen LogP contribution in [0.4, 0.5) is 13.2 Å². The highest BCUT2D eigenvalue weighted by molar-refractivity contribution is 7.89. The van der Waals surface area contributed by atoms with Crippen LogP contribution < -0.4 is 0 Å². The van der Waals surface area contributed by atoms with Gasteiger partial charge in [-0.05, 0) is 75.9 Å². The third-order valence-electron chi connectivity index (χ3n) is 6.03. The van der Waals surface area contributed by atoms with E-state index in [4.69, 9.17) is 0 Å². The van der Waals surface area contributed by atoms with Gasteiger partial charge in [0.1, 0.15) is 0 Å². The van der Waals surface area contributed by atoms with Gasteiger partial charge in [-0.1, -0.05) is 18.9 Å². The summed E-state index contributed by atoms with van der Waals surface area (Å²) in [4.78, 5) is 2.15. The Bertz CT molecular complexity index is 771. The number of nitrogens with zero attached hydrogens (tertiary/aromatic N) is 2. The summed E-state index contributed by atoms with van der Waals surface area (Å²) < 4.78 is 65.2. The largest absolute Gasteiger partial charge is 0.416 e. The summed E-state index contributed by atoms with van der Waals surface area (Å²) in [6.45, 7) is 5.68. The molecule has 1 aromatic rings. The van der Waals surface area contributed by atoms with Crippen molar-refractivity contribution in [2.45, 2.75) is 62.1 Å². The first-order valence-electron chi connectivity index (χ1n) is 10.5. The average Bonchev–Trinajstić information content (AvgIpc) is 2.71. The molecule has 0 amide bonds. The van der Waals surface area contributed by atoms with Gasteiger partial charge >= 0.3 is 6.18 Å². The topological polar surface area (TPSA) is 40.6 Å². The molecular weight excluding hydrogens is 413 g/mol. The molecule has 0 spiro atoms. The number of benzene rings is 1.